The lowest BCUT2D eigenvalue weighted by molar-refractivity contribution is -0.870. The minimum absolute atomic E-state index is 0.208. The zero-order valence-corrected chi connectivity index (χ0v) is 29.7. The Bertz CT molecular complexity index is 844. The summed E-state index contributed by atoms with van der Waals surface area (Å²) in [4.78, 5) is 23.2. The largest absolute Gasteiger partial charge is 0.477 e. The van der Waals surface area contributed by atoms with Crippen molar-refractivity contribution in [1.29, 1.82) is 0 Å². The van der Waals surface area contributed by atoms with Gasteiger partial charge in [-0.3, -0.25) is 4.79 Å². The minimum Gasteiger partial charge on any atom is -0.477 e. The lowest BCUT2D eigenvalue weighted by atomic mass is 10.0. The van der Waals surface area contributed by atoms with Crippen LogP contribution in [0.15, 0.2) is 48.6 Å². The van der Waals surface area contributed by atoms with E-state index in [-0.39, 0.29) is 25.8 Å². The Morgan fingerprint density at radius 1 is 0.652 bits per heavy atom. The number of nitrogens with zero attached hydrogens (tertiary/aromatic N) is 1. The lowest BCUT2D eigenvalue weighted by Crippen LogP contribution is -2.40. The number of aliphatic hydroxyl groups is 1. The Hall–Kier alpha value is -2.26. The molecule has 0 aliphatic rings. The highest BCUT2D eigenvalue weighted by Gasteiger charge is 2.22. The van der Waals surface area contributed by atoms with Gasteiger partial charge in [-0.15, -0.1) is 0 Å². The van der Waals surface area contributed by atoms with Gasteiger partial charge in [0.2, 0.25) is 0 Å². The molecule has 0 amide bonds. The maximum atomic E-state index is 12.0. The van der Waals surface area contributed by atoms with Crippen LogP contribution < -0.4 is 0 Å². The molecule has 0 aromatic carbocycles. The van der Waals surface area contributed by atoms with E-state index in [0.717, 1.165) is 44.9 Å². The number of rotatable bonds is 32. The highest BCUT2D eigenvalue weighted by molar-refractivity contribution is 5.70. The second kappa shape index (κ2) is 31.3. The van der Waals surface area contributed by atoms with Crippen LogP contribution in [0.5, 0.6) is 0 Å². The van der Waals surface area contributed by atoms with Crippen molar-refractivity contribution in [2.75, 3.05) is 47.5 Å². The zero-order chi connectivity index (χ0) is 34.1. The van der Waals surface area contributed by atoms with Gasteiger partial charge in [-0.2, -0.15) is 0 Å². The molecule has 0 saturated carbocycles. The fourth-order valence-corrected chi connectivity index (χ4v) is 4.53. The number of hydrogen-bond acceptors (Lipinski definition) is 6. The van der Waals surface area contributed by atoms with E-state index < -0.39 is 18.4 Å². The number of carbonyl (C=O) groups excluding carboxylic acids is 1. The van der Waals surface area contributed by atoms with E-state index >= 15 is 0 Å². The van der Waals surface area contributed by atoms with Crippen molar-refractivity contribution in [3.05, 3.63) is 48.6 Å². The molecule has 2 N–H and O–H groups in total. The van der Waals surface area contributed by atoms with Gasteiger partial charge in [-0.1, -0.05) is 120 Å². The standard InChI is InChI=1S/C38H67NO7/c1-5-6-7-8-9-10-11-12-13-14-15-16-17-18-19-20-21-22-23-24-25-26-27-28-29-30-36(41)45-33-35(40)34-46-38(37(42)43)44-32-31-39(2,3)4/h6-7,9-10,12-13,15-16,35,38,40H,5,8,11,14,17-34H2,1-4H3/p+1/b7-6-,10-9-,13-12-,16-15-. The summed E-state index contributed by atoms with van der Waals surface area (Å²) < 4.78 is 16.1. The molecule has 0 saturated heterocycles. The molecule has 8 nitrogen and oxygen atoms in total. The summed E-state index contributed by atoms with van der Waals surface area (Å²) in [5.74, 6) is -1.61. The summed E-state index contributed by atoms with van der Waals surface area (Å²) in [6.07, 6.45) is 35.7. The number of esters is 1. The van der Waals surface area contributed by atoms with Gasteiger partial charge in [0, 0.05) is 6.42 Å². The SMILES string of the molecule is CC/C=C\C/C=C\C/C=C\C/C=C\CCCCCCCCCCCCCCC(=O)OCC(O)COC(OCC[N+](C)(C)C)C(=O)O. The van der Waals surface area contributed by atoms with E-state index in [1.165, 1.54) is 64.2 Å². The third-order valence-electron chi connectivity index (χ3n) is 7.33. The van der Waals surface area contributed by atoms with Gasteiger partial charge in [-0.25, -0.2) is 4.79 Å². The van der Waals surface area contributed by atoms with Crippen LogP contribution in [0.2, 0.25) is 0 Å². The number of likely N-dealkylation sites (N-methyl/N-ethyl adjacent to an activating group) is 1. The summed E-state index contributed by atoms with van der Waals surface area (Å²) in [5.41, 5.74) is 0. The predicted octanol–water partition coefficient (Wildman–Crippen LogP) is 8.31. The van der Waals surface area contributed by atoms with Crippen LogP contribution in [0, 0.1) is 0 Å². The van der Waals surface area contributed by atoms with Crippen molar-refractivity contribution in [2.45, 2.75) is 135 Å². The number of carbonyl (C=O) groups is 2. The topological polar surface area (TPSA) is 102 Å². The Morgan fingerprint density at radius 2 is 1.13 bits per heavy atom. The molecule has 266 valence electrons. The first-order valence-corrected chi connectivity index (χ1v) is 17.9. The molecule has 46 heavy (non-hydrogen) atoms. The molecule has 2 atom stereocenters. The summed E-state index contributed by atoms with van der Waals surface area (Å²) in [6.45, 7) is 2.46. The highest BCUT2D eigenvalue weighted by atomic mass is 16.7. The average molecular weight is 651 g/mol. The van der Waals surface area contributed by atoms with Crippen LogP contribution in [-0.4, -0.2) is 86.5 Å². The van der Waals surface area contributed by atoms with Gasteiger partial charge in [-0.05, 0) is 44.9 Å². The monoisotopic (exact) mass is 650 g/mol. The maximum absolute atomic E-state index is 12.0. The van der Waals surface area contributed by atoms with Gasteiger partial charge in [0.25, 0.3) is 6.29 Å². The number of allylic oxidation sites excluding steroid dienone is 8. The summed E-state index contributed by atoms with van der Waals surface area (Å²) in [5, 5.41) is 19.2. The first-order valence-electron chi connectivity index (χ1n) is 17.9. The van der Waals surface area contributed by atoms with Crippen molar-refractivity contribution in [3.8, 4) is 0 Å². The molecule has 0 heterocycles. The molecule has 0 aliphatic heterocycles. The van der Waals surface area contributed by atoms with Crippen LogP contribution in [0.25, 0.3) is 0 Å². The molecule has 0 spiro atoms. The first-order chi connectivity index (χ1) is 22.2. The molecule has 0 aromatic heterocycles. The fraction of sp³-hybridized carbons (Fsp3) is 0.737. The predicted molar refractivity (Wildman–Crippen MR) is 189 cm³/mol. The molecule has 2 unspecified atom stereocenters. The first kappa shape index (κ1) is 43.7. The number of unbranched alkanes of at least 4 members (excludes halogenated alkanes) is 12. The molecule has 0 bridgehead atoms. The number of ether oxygens (including phenoxy) is 3. The number of aliphatic carboxylic acids is 1. The third kappa shape index (κ3) is 33.1. The normalized spacial score (nSPS) is 13.8. The summed E-state index contributed by atoms with van der Waals surface area (Å²) in [7, 11) is 5.91. The summed E-state index contributed by atoms with van der Waals surface area (Å²) >= 11 is 0. The molecule has 0 fully saturated rings. The van der Waals surface area contributed by atoms with E-state index in [2.05, 4.69) is 55.5 Å². The number of aliphatic hydroxyl groups excluding tert-OH is 1. The number of hydrogen-bond donors (Lipinski definition) is 2. The Balaban J connectivity index is 3.53. The minimum atomic E-state index is -1.46. The van der Waals surface area contributed by atoms with Crippen LogP contribution >= 0.6 is 0 Å². The third-order valence-corrected chi connectivity index (χ3v) is 7.33. The highest BCUT2D eigenvalue weighted by Crippen LogP contribution is 2.13. The smallest absolute Gasteiger partial charge is 0.361 e. The molecule has 0 rings (SSSR count). The second-order valence-electron chi connectivity index (χ2n) is 13.0. The second-order valence-corrected chi connectivity index (χ2v) is 13.0. The number of carboxylic acids is 1. The maximum Gasteiger partial charge on any atom is 0.361 e. The zero-order valence-electron chi connectivity index (χ0n) is 29.7. The van der Waals surface area contributed by atoms with E-state index in [9.17, 15) is 19.8 Å². The quantitative estimate of drug-likeness (QED) is 0.0248. The van der Waals surface area contributed by atoms with Crippen LogP contribution in [0.1, 0.15) is 122 Å². The van der Waals surface area contributed by atoms with E-state index in [4.69, 9.17) is 14.2 Å². The lowest BCUT2D eigenvalue weighted by Gasteiger charge is -2.24. The van der Waals surface area contributed by atoms with E-state index in [1.54, 1.807) is 0 Å². The molecule has 0 aromatic rings. The van der Waals surface area contributed by atoms with Crippen molar-refractivity contribution >= 4 is 11.9 Å². The fourth-order valence-electron chi connectivity index (χ4n) is 4.53. The van der Waals surface area contributed by atoms with Gasteiger partial charge in [0.15, 0.2) is 0 Å². The Morgan fingerprint density at radius 3 is 1.63 bits per heavy atom. The Labute approximate surface area is 281 Å². The summed E-state index contributed by atoms with van der Waals surface area (Å²) in [6, 6.07) is 0. The van der Waals surface area contributed by atoms with Gasteiger partial charge < -0.3 is 28.9 Å². The van der Waals surface area contributed by atoms with Gasteiger partial charge >= 0.3 is 11.9 Å². The van der Waals surface area contributed by atoms with Gasteiger partial charge in [0.1, 0.15) is 19.3 Å². The van der Waals surface area contributed by atoms with Crippen molar-refractivity contribution in [2.24, 2.45) is 0 Å². The number of carboxylic acid groups (broad SMARTS) is 1. The van der Waals surface area contributed by atoms with Gasteiger partial charge in [0.05, 0.1) is 34.4 Å². The van der Waals surface area contributed by atoms with Crippen LogP contribution in [0.3, 0.4) is 0 Å². The van der Waals surface area contributed by atoms with Crippen molar-refractivity contribution in [1.82, 2.24) is 0 Å². The molecule has 8 heteroatoms. The molecule has 0 radical (unpaired) electrons. The molecule has 0 aliphatic carbocycles. The molecular weight excluding hydrogens is 582 g/mol. The Kier molecular flexibility index (Phi) is 29.8. The van der Waals surface area contributed by atoms with E-state index in [0.29, 0.717) is 17.4 Å². The molecular formula is C38H68NO7+. The van der Waals surface area contributed by atoms with Crippen molar-refractivity contribution in [3.63, 3.8) is 0 Å². The average Bonchev–Trinajstić information content (AvgIpc) is 3.00. The van der Waals surface area contributed by atoms with Crippen molar-refractivity contribution < 1.29 is 38.5 Å². The number of quaternary nitrogens is 1. The van der Waals surface area contributed by atoms with Crippen LogP contribution in [-0.2, 0) is 23.8 Å². The van der Waals surface area contributed by atoms with E-state index in [1.807, 2.05) is 21.1 Å². The van der Waals surface area contributed by atoms with Crippen LogP contribution in [0.4, 0.5) is 0 Å².